The molecule has 0 bridgehead atoms. The molecule has 1 N–H and O–H groups in total. The summed E-state index contributed by atoms with van der Waals surface area (Å²) in [4.78, 5) is 29.4. The highest BCUT2D eigenvalue weighted by atomic mass is 16.5. The Bertz CT molecular complexity index is 1370. The Labute approximate surface area is 210 Å². The Morgan fingerprint density at radius 1 is 1.11 bits per heavy atom. The molecule has 0 aliphatic carbocycles. The molecule has 0 aliphatic heterocycles. The first-order valence-electron chi connectivity index (χ1n) is 11.9. The highest BCUT2D eigenvalue weighted by molar-refractivity contribution is 6.01. The van der Waals surface area contributed by atoms with E-state index in [-0.39, 0.29) is 18.4 Å². The Balaban J connectivity index is 1.83. The van der Waals surface area contributed by atoms with Crippen LogP contribution in [0, 0.1) is 0 Å². The normalized spacial score (nSPS) is 12.4. The van der Waals surface area contributed by atoms with Gasteiger partial charge >= 0.3 is 0 Å². The molecular formula is C27H32N6O3. The minimum Gasteiger partial charge on any atom is -0.497 e. The maximum atomic E-state index is 14.0. The molecule has 0 saturated heterocycles. The van der Waals surface area contributed by atoms with Gasteiger partial charge in [-0.2, -0.15) is 0 Å². The monoisotopic (exact) mass is 488 g/mol. The number of hydrogen-bond acceptors (Lipinski definition) is 5. The lowest BCUT2D eigenvalue weighted by atomic mass is 10.00. The lowest BCUT2D eigenvalue weighted by Crippen LogP contribution is -2.51. The molecule has 9 nitrogen and oxygen atoms in total. The van der Waals surface area contributed by atoms with Gasteiger partial charge in [0.15, 0.2) is 6.04 Å². The molecule has 36 heavy (non-hydrogen) atoms. The molecule has 0 radical (unpaired) electrons. The zero-order valence-corrected chi connectivity index (χ0v) is 21.3. The molecule has 1 atom stereocenters. The number of anilines is 1. The maximum Gasteiger partial charge on any atom is 0.249 e. The Morgan fingerprint density at radius 3 is 2.58 bits per heavy atom. The van der Waals surface area contributed by atoms with E-state index in [4.69, 9.17) is 4.74 Å². The second-order valence-electron chi connectivity index (χ2n) is 9.37. The predicted octanol–water partition coefficient (Wildman–Crippen LogP) is 3.86. The number of nitrogens with zero attached hydrogens (tertiary/aromatic N) is 5. The van der Waals surface area contributed by atoms with Crippen molar-refractivity contribution in [1.29, 1.82) is 0 Å². The highest BCUT2D eigenvalue weighted by Crippen LogP contribution is 2.31. The van der Waals surface area contributed by atoms with E-state index < -0.39 is 11.6 Å². The predicted molar refractivity (Wildman–Crippen MR) is 139 cm³/mol. The number of methoxy groups -OCH3 is 1. The van der Waals surface area contributed by atoms with Crippen molar-refractivity contribution in [3.63, 3.8) is 0 Å². The van der Waals surface area contributed by atoms with Crippen molar-refractivity contribution in [2.45, 2.75) is 45.3 Å². The van der Waals surface area contributed by atoms with Gasteiger partial charge in [0.1, 0.15) is 17.8 Å². The summed E-state index contributed by atoms with van der Waals surface area (Å²) in [6, 6.07) is 17.4. The molecule has 2 amide bonds. The number of hydrogen-bond donors (Lipinski definition) is 1. The average molecular weight is 489 g/mol. The van der Waals surface area contributed by atoms with Crippen LogP contribution < -0.4 is 15.0 Å². The standard InChI is InChI=1S/C27H32N6O3/c1-6-27(2,3)28-26(35)25(23-15-10-16-31(23)4)33(19-11-9-12-20(17-19)36-5)24(34)18-32-22-14-8-7-13-21(22)29-30-32/h7-17,25H,6,18H2,1-5H3,(H,28,35). The van der Waals surface area contributed by atoms with Crippen LogP contribution in [-0.4, -0.2) is 44.0 Å². The highest BCUT2D eigenvalue weighted by Gasteiger charge is 2.36. The summed E-state index contributed by atoms with van der Waals surface area (Å²) < 4.78 is 8.84. The van der Waals surface area contributed by atoms with Gasteiger partial charge in [-0.3, -0.25) is 14.5 Å². The number of amides is 2. The number of ether oxygens (including phenoxy) is 1. The molecule has 1 unspecified atom stereocenters. The van der Waals surface area contributed by atoms with Gasteiger partial charge in [0.05, 0.1) is 18.3 Å². The number of carbonyl (C=O) groups excluding carboxylic acids is 2. The third-order valence-electron chi connectivity index (χ3n) is 6.42. The first-order valence-corrected chi connectivity index (χ1v) is 11.9. The third-order valence-corrected chi connectivity index (χ3v) is 6.42. The Hall–Kier alpha value is -4.14. The van der Waals surface area contributed by atoms with E-state index >= 15 is 0 Å². The molecule has 2 heterocycles. The number of rotatable bonds is 9. The Morgan fingerprint density at radius 2 is 1.89 bits per heavy atom. The van der Waals surface area contributed by atoms with E-state index in [1.165, 1.54) is 4.90 Å². The van der Waals surface area contributed by atoms with Crippen LogP contribution in [0.1, 0.15) is 38.9 Å². The number of aromatic nitrogens is 4. The van der Waals surface area contributed by atoms with Gasteiger partial charge in [-0.25, -0.2) is 4.68 Å². The summed E-state index contributed by atoms with van der Waals surface area (Å²) in [5.41, 5.74) is 2.20. The number of benzene rings is 2. The van der Waals surface area contributed by atoms with E-state index in [9.17, 15) is 9.59 Å². The summed E-state index contributed by atoms with van der Waals surface area (Å²) in [6.45, 7) is 5.85. The van der Waals surface area contributed by atoms with Crippen molar-refractivity contribution in [2.24, 2.45) is 7.05 Å². The third kappa shape index (κ3) is 5.10. The van der Waals surface area contributed by atoms with Gasteiger partial charge in [0.2, 0.25) is 11.8 Å². The quantitative estimate of drug-likeness (QED) is 0.386. The van der Waals surface area contributed by atoms with E-state index in [1.54, 1.807) is 36.1 Å². The summed E-state index contributed by atoms with van der Waals surface area (Å²) in [6.07, 6.45) is 2.59. The molecule has 4 rings (SSSR count). The van der Waals surface area contributed by atoms with E-state index in [0.717, 1.165) is 11.9 Å². The molecule has 4 aromatic rings. The molecule has 2 aromatic carbocycles. The molecule has 0 fully saturated rings. The topological polar surface area (TPSA) is 94.3 Å². The number of fused-ring (bicyclic) bond motifs is 1. The molecule has 0 spiro atoms. The number of nitrogens with one attached hydrogen (secondary N) is 1. The average Bonchev–Trinajstić information content (AvgIpc) is 3.48. The first kappa shape index (κ1) is 25.0. The zero-order valence-electron chi connectivity index (χ0n) is 21.3. The molecular weight excluding hydrogens is 456 g/mol. The van der Waals surface area contributed by atoms with Gasteiger partial charge in [-0.15, -0.1) is 5.10 Å². The second-order valence-corrected chi connectivity index (χ2v) is 9.37. The fraction of sp³-hybridized carbons (Fsp3) is 0.333. The summed E-state index contributed by atoms with van der Waals surface area (Å²) in [5, 5.41) is 11.5. The minimum absolute atomic E-state index is 0.0942. The van der Waals surface area contributed by atoms with E-state index in [0.29, 0.717) is 22.6 Å². The van der Waals surface area contributed by atoms with Crippen LogP contribution in [0.15, 0.2) is 66.9 Å². The Kier molecular flexibility index (Phi) is 7.10. The molecule has 188 valence electrons. The van der Waals surface area contributed by atoms with Gasteiger partial charge in [-0.05, 0) is 56.7 Å². The lowest BCUT2D eigenvalue weighted by Gasteiger charge is -2.34. The number of carbonyl (C=O) groups is 2. The van der Waals surface area contributed by atoms with Crippen molar-refractivity contribution < 1.29 is 14.3 Å². The van der Waals surface area contributed by atoms with Crippen LogP contribution in [0.25, 0.3) is 11.0 Å². The summed E-state index contributed by atoms with van der Waals surface area (Å²) in [5.74, 6) is -0.00531. The second kappa shape index (κ2) is 10.2. The van der Waals surface area contributed by atoms with Crippen molar-refractivity contribution in [3.8, 4) is 5.75 Å². The zero-order chi connectivity index (χ0) is 25.9. The lowest BCUT2D eigenvalue weighted by molar-refractivity contribution is -0.128. The fourth-order valence-corrected chi connectivity index (χ4v) is 4.07. The van der Waals surface area contributed by atoms with Crippen LogP contribution >= 0.6 is 0 Å². The minimum atomic E-state index is -0.926. The van der Waals surface area contributed by atoms with Crippen LogP contribution in [0.4, 0.5) is 5.69 Å². The van der Waals surface area contributed by atoms with E-state index in [2.05, 4.69) is 15.6 Å². The van der Waals surface area contributed by atoms with Crippen LogP contribution in [-0.2, 0) is 23.2 Å². The molecule has 2 aromatic heterocycles. The summed E-state index contributed by atoms with van der Waals surface area (Å²) in [7, 11) is 3.43. The maximum absolute atomic E-state index is 14.0. The van der Waals surface area contributed by atoms with Crippen LogP contribution in [0.2, 0.25) is 0 Å². The smallest absolute Gasteiger partial charge is 0.249 e. The van der Waals surface area contributed by atoms with Gasteiger partial charge in [-0.1, -0.05) is 30.3 Å². The van der Waals surface area contributed by atoms with Gasteiger partial charge in [0.25, 0.3) is 0 Å². The number of aryl methyl sites for hydroxylation is 1. The largest absolute Gasteiger partial charge is 0.497 e. The van der Waals surface area contributed by atoms with Crippen molar-refractivity contribution in [3.05, 3.63) is 72.6 Å². The van der Waals surface area contributed by atoms with Crippen molar-refractivity contribution >= 4 is 28.5 Å². The van der Waals surface area contributed by atoms with Crippen molar-refractivity contribution in [2.75, 3.05) is 12.0 Å². The molecule has 0 saturated carbocycles. The van der Waals surface area contributed by atoms with Gasteiger partial charge in [0, 0.05) is 30.5 Å². The first-order chi connectivity index (χ1) is 17.2. The van der Waals surface area contributed by atoms with Crippen molar-refractivity contribution in [1.82, 2.24) is 24.9 Å². The van der Waals surface area contributed by atoms with Crippen LogP contribution in [0.3, 0.4) is 0 Å². The summed E-state index contributed by atoms with van der Waals surface area (Å²) >= 11 is 0. The number of para-hydroxylation sites is 1. The fourth-order valence-electron chi connectivity index (χ4n) is 4.07. The van der Waals surface area contributed by atoms with E-state index in [1.807, 2.05) is 75.0 Å². The molecule has 0 aliphatic rings. The van der Waals surface area contributed by atoms with Gasteiger partial charge < -0.3 is 14.6 Å². The SMILES string of the molecule is CCC(C)(C)NC(=O)C(c1cccn1C)N(C(=O)Cn1nnc2ccccc21)c1cccc(OC)c1. The molecule has 9 heteroatoms. The van der Waals surface area contributed by atoms with Crippen LogP contribution in [0.5, 0.6) is 5.75 Å².